The third kappa shape index (κ3) is 4.23. The Kier molecular flexibility index (Phi) is 5.79. The monoisotopic (exact) mass is 379 g/mol. The number of carbonyl (C=O) groups excluding carboxylic acids is 2. The van der Waals surface area contributed by atoms with E-state index in [2.05, 4.69) is 5.32 Å². The second-order valence-electron chi connectivity index (χ2n) is 6.53. The number of benzene rings is 3. The van der Waals surface area contributed by atoms with Crippen LogP contribution in [0.15, 0.2) is 60.7 Å². The SMILES string of the molecule is C[C@H](CNC(=O)COC(=O)c1cc(O)c2ccccc2c1O)c1ccccc1. The van der Waals surface area contributed by atoms with Crippen LogP contribution >= 0.6 is 0 Å². The van der Waals surface area contributed by atoms with Gasteiger partial charge in [0.05, 0.1) is 0 Å². The maximum Gasteiger partial charge on any atom is 0.342 e. The molecule has 6 heteroatoms. The third-order valence-corrected chi connectivity index (χ3v) is 4.52. The molecular weight excluding hydrogens is 358 g/mol. The van der Waals surface area contributed by atoms with Crippen molar-refractivity contribution in [3.63, 3.8) is 0 Å². The molecule has 0 fully saturated rings. The van der Waals surface area contributed by atoms with Crippen molar-refractivity contribution < 1.29 is 24.5 Å². The molecule has 0 radical (unpaired) electrons. The molecule has 6 nitrogen and oxygen atoms in total. The number of phenols is 2. The first-order valence-corrected chi connectivity index (χ1v) is 8.90. The highest BCUT2D eigenvalue weighted by molar-refractivity contribution is 6.04. The maximum atomic E-state index is 12.3. The first-order chi connectivity index (χ1) is 13.5. The van der Waals surface area contributed by atoms with Gasteiger partial charge < -0.3 is 20.3 Å². The Labute approximate surface area is 162 Å². The normalized spacial score (nSPS) is 11.8. The first-order valence-electron chi connectivity index (χ1n) is 8.90. The molecule has 3 N–H and O–H groups in total. The lowest BCUT2D eigenvalue weighted by Gasteiger charge is -2.13. The number of fused-ring (bicyclic) bond motifs is 1. The fourth-order valence-corrected chi connectivity index (χ4v) is 2.92. The molecule has 0 saturated carbocycles. The summed E-state index contributed by atoms with van der Waals surface area (Å²) >= 11 is 0. The molecule has 0 heterocycles. The van der Waals surface area contributed by atoms with E-state index in [1.54, 1.807) is 24.3 Å². The lowest BCUT2D eigenvalue weighted by Crippen LogP contribution is -2.31. The molecule has 3 aromatic rings. The van der Waals surface area contributed by atoms with Gasteiger partial charge in [-0.3, -0.25) is 4.79 Å². The summed E-state index contributed by atoms with van der Waals surface area (Å²) in [5, 5.41) is 23.8. The van der Waals surface area contributed by atoms with Crippen molar-refractivity contribution in [2.45, 2.75) is 12.8 Å². The van der Waals surface area contributed by atoms with E-state index in [-0.39, 0.29) is 23.0 Å². The van der Waals surface area contributed by atoms with Gasteiger partial charge in [-0.2, -0.15) is 0 Å². The van der Waals surface area contributed by atoms with Gasteiger partial charge in [-0.05, 0) is 17.5 Å². The minimum absolute atomic E-state index is 0.113. The van der Waals surface area contributed by atoms with Crippen molar-refractivity contribution in [3.8, 4) is 11.5 Å². The highest BCUT2D eigenvalue weighted by Crippen LogP contribution is 2.35. The van der Waals surface area contributed by atoms with Crippen LogP contribution in [-0.2, 0) is 9.53 Å². The Balaban J connectivity index is 1.59. The van der Waals surface area contributed by atoms with Gasteiger partial charge in [0.15, 0.2) is 6.61 Å². The molecule has 0 saturated heterocycles. The molecule has 0 unspecified atom stereocenters. The quantitative estimate of drug-likeness (QED) is 0.451. The van der Waals surface area contributed by atoms with Crippen LogP contribution in [0.4, 0.5) is 0 Å². The van der Waals surface area contributed by atoms with Crippen molar-refractivity contribution in [1.82, 2.24) is 5.32 Å². The number of esters is 1. The van der Waals surface area contributed by atoms with E-state index in [0.29, 0.717) is 17.3 Å². The molecule has 0 spiro atoms. The van der Waals surface area contributed by atoms with E-state index in [4.69, 9.17) is 4.74 Å². The van der Waals surface area contributed by atoms with Crippen LogP contribution in [-0.4, -0.2) is 35.2 Å². The van der Waals surface area contributed by atoms with E-state index >= 15 is 0 Å². The zero-order chi connectivity index (χ0) is 20.1. The zero-order valence-electron chi connectivity index (χ0n) is 15.4. The molecule has 1 amide bonds. The number of amides is 1. The van der Waals surface area contributed by atoms with Gasteiger partial charge in [-0.25, -0.2) is 4.79 Å². The summed E-state index contributed by atoms with van der Waals surface area (Å²) in [6.45, 7) is 1.91. The highest BCUT2D eigenvalue weighted by Gasteiger charge is 2.19. The third-order valence-electron chi connectivity index (χ3n) is 4.52. The van der Waals surface area contributed by atoms with Crippen molar-refractivity contribution in [2.24, 2.45) is 0 Å². The summed E-state index contributed by atoms with van der Waals surface area (Å²) < 4.78 is 4.99. The fourth-order valence-electron chi connectivity index (χ4n) is 2.92. The zero-order valence-corrected chi connectivity index (χ0v) is 15.4. The molecule has 144 valence electrons. The van der Waals surface area contributed by atoms with Gasteiger partial charge >= 0.3 is 5.97 Å². The molecule has 0 aromatic heterocycles. The summed E-state index contributed by atoms with van der Waals surface area (Å²) in [5.41, 5.74) is 0.901. The topological polar surface area (TPSA) is 95.9 Å². The van der Waals surface area contributed by atoms with Crippen molar-refractivity contribution in [2.75, 3.05) is 13.2 Å². The second kappa shape index (κ2) is 8.43. The Morgan fingerprint density at radius 1 is 1.00 bits per heavy atom. The van der Waals surface area contributed by atoms with E-state index in [1.165, 1.54) is 0 Å². The van der Waals surface area contributed by atoms with E-state index in [1.807, 2.05) is 37.3 Å². The van der Waals surface area contributed by atoms with Crippen LogP contribution in [0.5, 0.6) is 11.5 Å². The van der Waals surface area contributed by atoms with E-state index < -0.39 is 18.5 Å². The van der Waals surface area contributed by atoms with Gasteiger partial charge in [0, 0.05) is 17.3 Å². The lowest BCUT2D eigenvalue weighted by molar-refractivity contribution is -0.124. The summed E-state index contributed by atoms with van der Waals surface area (Å²) in [7, 11) is 0. The predicted octanol–water partition coefficient (Wildman–Crippen LogP) is 3.33. The molecule has 0 aliphatic carbocycles. The molecular formula is C22H21NO5. The smallest absolute Gasteiger partial charge is 0.342 e. The number of carbonyl (C=O) groups is 2. The standard InChI is InChI=1S/C22H21NO5/c1-14(15-7-3-2-4-8-15)12-23-20(25)13-28-22(27)18-11-19(24)16-9-5-6-10-17(16)21(18)26/h2-11,14,24,26H,12-13H2,1H3,(H,23,25)/t14-/m1/s1. The number of hydrogen-bond donors (Lipinski definition) is 3. The molecule has 0 bridgehead atoms. The van der Waals surface area contributed by atoms with Gasteiger partial charge in [-0.15, -0.1) is 0 Å². The van der Waals surface area contributed by atoms with Crippen LogP contribution in [0.1, 0.15) is 28.8 Å². The van der Waals surface area contributed by atoms with E-state index in [0.717, 1.165) is 11.6 Å². The molecule has 3 aromatic carbocycles. The largest absolute Gasteiger partial charge is 0.507 e. The van der Waals surface area contributed by atoms with Gasteiger partial charge in [0.1, 0.15) is 17.1 Å². The number of nitrogens with one attached hydrogen (secondary N) is 1. The summed E-state index contributed by atoms with van der Waals surface area (Å²) in [4.78, 5) is 24.2. The summed E-state index contributed by atoms with van der Waals surface area (Å²) in [5.74, 6) is -1.66. The van der Waals surface area contributed by atoms with E-state index in [9.17, 15) is 19.8 Å². The molecule has 3 rings (SSSR count). The van der Waals surface area contributed by atoms with Crippen LogP contribution in [0.2, 0.25) is 0 Å². The van der Waals surface area contributed by atoms with Gasteiger partial charge in [-0.1, -0.05) is 61.5 Å². The van der Waals surface area contributed by atoms with Crippen LogP contribution in [0.25, 0.3) is 10.8 Å². The number of aromatic hydroxyl groups is 2. The molecule has 1 atom stereocenters. The molecule has 28 heavy (non-hydrogen) atoms. The molecule has 0 aliphatic rings. The fraction of sp³-hybridized carbons (Fsp3) is 0.182. The number of ether oxygens (including phenoxy) is 1. The van der Waals surface area contributed by atoms with Crippen molar-refractivity contribution in [1.29, 1.82) is 0 Å². The van der Waals surface area contributed by atoms with Crippen LogP contribution < -0.4 is 5.32 Å². The van der Waals surface area contributed by atoms with Crippen molar-refractivity contribution >= 4 is 22.6 Å². The van der Waals surface area contributed by atoms with Crippen molar-refractivity contribution in [3.05, 3.63) is 71.8 Å². The first kappa shape index (κ1) is 19.2. The highest BCUT2D eigenvalue weighted by atomic mass is 16.5. The van der Waals surface area contributed by atoms with Gasteiger partial charge in [0.2, 0.25) is 0 Å². The Morgan fingerprint density at radius 3 is 2.36 bits per heavy atom. The van der Waals surface area contributed by atoms with Gasteiger partial charge in [0.25, 0.3) is 5.91 Å². The molecule has 0 aliphatic heterocycles. The number of phenolic OH excluding ortho intramolecular Hbond substituents is 2. The Hall–Kier alpha value is -3.54. The number of rotatable bonds is 6. The lowest BCUT2D eigenvalue weighted by atomic mass is 10.0. The number of hydrogen-bond acceptors (Lipinski definition) is 5. The minimum Gasteiger partial charge on any atom is -0.507 e. The second-order valence-corrected chi connectivity index (χ2v) is 6.53. The summed E-state index contributed by atoms with van der Waals surface area (Å²) in [6.07, 6.45) is 0. The van der Waals surface area contributed by atoms with Crippen LogP contribution in [0, 0.1) is 0 Å². The average Bonchev–Trinajstić information content (AvgIpc) is 2.73. The Bertz CT molecular complexity index is 1000. The Morgan fingerprint density at radius 2 is 1.64 bits per heavy atom. The maximum absolute atomic E-state index is 12.3. The average molecular weight is 379 g/mol. The minimum atomic E-state index is -0.884. The van der Waals surface area contributed by atoms with Crippen LogP contribution in [0.3, 0.4) is 0 Å². The summed E-state index contributed by atoms with van der Waals surface area (Å²) in [6, 6.07) is 17.5. The predicted molar refractivity (Wildman–Crippen MR) is 105 cm³/mol.